The molecule has 2 aromatic rings. The van der Waals surface area contributed by atoms with Crippen molar-refractivity contribution in [1.29, 1.82) is 0 Å². The van der Waals surface area contributed by atoms with Crippen LogP contribution in [-0.4, -0.2) is 42.7 Å². The average Bonchev–Trinajstić information content (AvgIpc) is 3.15. The molecule has 0 spiro atoms. The summed E-state index contributed by atoms with van der Waals surface area (Å²) in [7, 11) is 0. The Balaban J connectivity index is 1.45. The molecule has 1 aliphatic rings. The number of carbonyl (C=O) groups is 1. The number of carbonyl (C=O) groups excluding carboxylic acids is 1. The van der Waals surface area contributed by atoms with Crippen LogP contribution in [0.4, 0.5) is 18.9 Å². The molecular weight excluding hydrogens is 381 g/mol. The second-order valence-corrected chi connectivity index (χ2v) is 8.29. The van der Waals surface area contributed by atoms with Crippen molar-refractivity contribution < 1.29 is 18.0 Å². The highest BCUT2D eigenvalue weighted by Gasteiger charge is 2.30. The second kappa shape index (κ2) is 8.35. The van der Waals surface area contributed by atoms with Gasteiger partial charge in [-0.3, -0.25) is 4.79 Å². The van der Waals surface area contributed by atoms with E-state index in [9.17, 15) is 18.0 Å². The van der Waals surface area contributed by atoms with Gasteiger partial charge in [0.25, 0.3) is 0 Å². The van der Waals surface area contributed by atoms with Gasteiger partial charge >= 0.3 is 6.18 Å². The number of thioether (sulfide) groups is 1. The molecule has 1 fully saturated rings. The number of nitrogens with zero attached hydrogens (tertiary/aromatic N) is 2. The summed E-state index contributed by atoms with van der Waals surface area (Å²) in [4.78, 5) is 16.2. The van der Waals surface area contributed by atoms with Crippen molar-refractivity contribution in [3.63, 3.8) is 0 Å². The van der Waals surface area contributed by atoms with E-state index < -0.39 is 11.7 Å². The molecule has 0 atom stereocenters. The van der Waals surface area contributed by atoms with E-state index in [1.165, 1.54) is 16.3 Å². The van der Waals surface area contributed by atoms with Crippen LogP contribution in [0.1, 0.15) is 12.0 Å². The van der Waals surface area contributed by atoms with E-state index in [-0.39, 0.29) is 5.91 Å². The largest absolute Gasteiger partial charge is 0.416 e. The van der Waals surface area contributed by atoms with E-state index in [1.807, 2.05) is 27.3 Å². The van der Waals surface area contributed by atoms with Gasteiger partial charge in [-0.2, -0.15) is 13.2 Å². The van der Waals surface area contributed by atoms with Crippen LogP contribution in [0.3, 0.4) is 0 Å². The minimum atomic E-state index is -4.31. The number of thiophene rings is 1. The molecule has 0 radical (unpaired) electrons. The Morgan fingerprint density at radius 2 is 1.77 bits per heavy atom. The number of benzene rings is 1. The van der Waals surface area contributed by atoms with Gasteiger partial charge in [-0.25, -0.2) is 0 Å². The Morgan fingerprint density at radius 1 is 1.08 bits per heavy atom. The van der Waals surface area contributed by atoms with Gasteiger partial charge in [-0.15, -0.1) is 23.1 Å². The lowest BCUT2D eigenvalue weighted by atomic mass is 10.1. The Bertz CT molecular complexity index is 709. The van der Waals surface area contributed by atoms with Crippen molar-refractivity contribution in [2.45, 2.75) is 16.8 Å². The smallest absolute Gasteiger partial charge is 0.368 e. The van der Waals surface area contributed by atoms with Crippen LogP contribution in [0.15, 0.2) is 46.0 Å². The summed E-state index contributed by atoms with van der Waals surface area (Å²) in [6.07, 6.45) is -3.81. The molecule has 0 unspecified atom stereocenters. The molecule has 0 bridgehead atoms. The predicted molar refractivity (Wildman–Crippen MR) is 99.9 cm³/mol. The maximum Gasteiger partial charge on any atom is 0.416 e. The molecule has 0 saturated carbocycles. The van der Waals surface area contributed by atoms with Crippen molar-refractivity contribution in [3.8, 4) is 0 Å². The van der Waals surface area contributed by atoms with Crippen molar-refractivity contribution >= 4 is 34.7 Å². The minimum Gasteiger partial charge on any atom is -0.368 e. The summed E-state index contributed by atoms with van der Waals surface area (Å²) >= 11 is 3.36. The molecule has 140 valence electrons. The molecule has 1 aliphatic heterocycles. The molecule has 3 nitrogen and oxygen atoms in total. The van der Waals surface area contributed by atoms with Crippen LogP contribution < -0.4 is 4.90 Å². The number of piperazine rings is 1. The number of anilines is 1. The van der Waals surface area contributed by atoms with Crippen LogP contribution in [0.25, 0.3) is 0 Å². The number of rotatable bonds is 5. The summed E-state index contributed by atoms with van der Waals surface area (Å²) in [5.74, 6) is 0.902. The summed E-state index contributed by atoms with van der Waals surface area (Å²) in [5.41, 5.74) is 0.122. The lowest BCUT2D eigenvalue weighted by Crippen LogP contribution is -2.48. The Hall–Kier alpha value is -1.67. The molecule has 3 rings (SSSR count). The third kappa shape index (κ3) is 4.94. The quantitative estimate of drug-likeness (QED) is 0.686. The van der Waals surface area contributed by atoms with Gasteiger partial charge in [0.2, 0.25) is 5.91 Å². The van der Waals surface area contributed by atoms with Crippen LogP contribution >= 0.6 is 23.1 Å². The zero-order chi connectivity index (χ0) is 18.6. The molecule has 1 aromatic carbocycles. The predicted octanol–water partition coefficient (Wildman–Crippen LogP) is 4.60. The standard InChI is InChI=1S/C18H19F3N2OS2/c19-18(20,21)14-3-5-15(6-4-14)22-8-10-23(11-9-22)16(24)7-13-26-17-2-1-12-25-17/h1-6,12H,7-11,13H2. The monoisotopic (exact) mass is 400 g/mol. The highest BCUT2D eigenvalue weighted by molar-refractivity contribution is 8.01. The van der Waals surface area contributed by atoms with Crippen molar-refractivity contribution in [2.75, 3.05) is 36.8 Å². The van der Waals surface area contributed by atoms with E-state index >= 15 is 0 Å². The van der Waals surface area contributed by atoms with Crippen LogP contribution in [0, 0.1) is 0 Å². The second-order valence-electron chi connectivity index (χ2n) is 5.94. The van der Waals surface area contributed by atoms with Crippen molar-refractivity contribution in [3.05, 3.63) is 47.3 Å². The van der Waals surface area contributed by atoms with E-state index in [2.05, 4.69) is 0 Å². The lowest BCUT2D eigenvalue weighted by molar-refractivity contribution is -0.137. The average molecular weight is 400 g/mol. The zero-order valence-corrected chi connectivity index (χ0v) is 15.7. The van der Waals surface area contributed by atoms with Gasteiger partial charge in [0.15, 0.2) is 0 Å². The molecule has 1 amide bonds. The van der Waals surface area contributed by atoms with Gasteiger partial charge in [0.05, 0.1) is 9.77 Å². The molecule has 0 aliphatic carbocycles. The fourth-order valence-corrected chi connectivity index (χ4v) is 4.61. The first-order valence-corrected chi connectivity index (χ1v) is 10.2. The van der Waals surface area contributed by atoms with Gasteiger partial charge in [-0.1, -0.05) is 6.07 Å². The van der Waals surface area contributed by atoms with Crippen molar-refractivity contribution in [2.24, 2.45) is 0 Å². The maximum atomic E-state index is 12.6. The lowest BCUT2D eigenvalue weighted by Gasteiger charge is -2.36. The van der Waals surface area contributed by atoms with Gasteiger partial charge < -0.3 is 9.80 Å². The van der Waals surface area contributed by atoms with Gasteiger partial charge in [0, 0.05) is 44.0 Å². The maximum absolute atomic E-state index is 12.6. The minimum absolute atomic E-state index is 0.140. The number of alkyl halides is 3. The molecular formula is C18H19F3N2OS2. The molecule has 1 saturated heterocycles. The Morgan fingerprint density at radius 3 is 2.35 bits per heavy atom. The summed E-state index contributed by atoms with van der Waals surface area (Å²) < 4.78 is 39.1. The SMILES string of the molecule is O=C(CCSc1cccs1)N1CCN(c2ccc(C(F)(F)F)cc2)CC1. The van der Waals surface area contributed by atoms with Crippen LogP contribution in [0.2, 0.25) is 0 Å². The van der Waals surface area contributed by atoms with E-state index in [0.29, 0.717) is 32.6 Å². The number of halogens is 3. The summed E-state index contributed by atoms with van der Waals surface area (Å²) in [5, 5.41) is 2.02. The van der Waals surface area contributed by atoms with E-state index in [1.54, 1.807) is 23.1 Å². The fraction of sp³-hybridized carbons (Fsp3) is 0.389. The molecule has 2 heterocycles. The third-order valence-corrected chi connectivity index (χ3v) is 6.38. The van der Waals surface area contributed by atoms with Gasteiger partial charge in [0.1, 0.15) is 0 Å². The molecule has 8 heteroatoms. The highest BCUT2D eigenvalue weighted by atomic mass is 32.2. The van der Waals surface area contributed by atoms with E-state index in [0.717, 1.165) is 23.6 Å². The number of hydrogen-bond donors (Lipinski definition) is 0. The third-order valence-electron chi connectivity index (χ3n) is 4.25. The van der Waals surface area contributed by atoms with Gasteiger partial charge in [-0.05, 0) is 35.7 Å². The number of hydrogen-bond acceptors (Lipinski definition) is 4. The first-order chi connectivity index (χ1) is 12.4. The topological polar surface area (TPSA) is 23.6 Å². The first kappa shape index (κ1) is 19.1. The normalized spacial score (nSPS) is 15.3. The highest BCUT2D eigenvalue weighted by Crippen LogP contribution is 2.30. The zero-order valence-electron chi connectivity index (χ0n) is 14.0. The molecule has 26 heavy (non-hydrogen) atoms. The summed E-state index contributed by atoms with van der Waals surface area (Å²) in [6, 6.07) is 9.25. The first-order valence-electron chi connectivity index (χ1n) is 8.30. The van der Waals surface area contributed by atoms with E-state index in [4.69, 9.17) is 0 Å². The van der Waals surface area contributed by atoms with Crippen LogP contribution in [-0.2, 0) is 11.0 Å². The van der Waals surface area contributed by atoms with Crippen LogP contribution in [0.5, 0.6) is 0 Å². The fourth-order valence-electron chi connectivity index (χ4n) is 2.82. The summed E-state index contributed by atoms with van der Waals surface area (Å²) in [6.45, 7) is 2.47. The molecule has 0 N–H and O–H groups in total. The number of amides is 1. The Kier molecular flexibility index (Phi) is 6.13. The molecule has 1 aromatic heterocycles. The van der Waals surface area contributed by atoms with Crippen molar-refractivity contribution in [1.82, 2.24) is 4.90 Å². The Labute approximate surface area is 158 Å².